The van der Waals surface area contributed by atoms with E-state index in [0.717, 1.165) is 18.7 Å². The van der Waals surface area contributed by atoms with E-state index in [2.05, 4.69) is 11.4 Å². The third kappa shape index (κ3) is 2.27. The second kappa shape index (κ2) is 4.42. The van der Waals surface area contributed by atoms with Crippen molar-refractivity contribution in [2.75, 3.05) is 13.1 Å². The molecule has 1 aliphatic rings. The lowest BCUT2D eigenvalue weighted by atomic mass is 9.90. The summed E-state index contributed by atoms with van der Waals surface area (Å²) < 4.78 is 0. The predicted octanol–water partition coefficient (Wildman–Crippen LogP) is 2.82. The SMILES string of the molecule is Cc1cc(C2CCCNC2)cc(O)c1Cl. The minimum atomic E-state index is 0.206. The number of halogens is 1. The van der Waals surface area contributed by atoms with Crippen LogP contribution in [0.2, 0.25) is 5.02 Å². The molecule has 0 saturated carbocycles. The summed E-state index contributed by atoms with van der Waals surface area (Å²) in [5, 5.41) is 13.5. The Morgan fingerprint density at radius 1 is 1.47 bits per heavy atom. The molecule has 0 radical (unpaired) electrons. The van der Waals surface area contributed by atoms with Crippen molar-refractivity contribution in [2.45, 2.75) is 25.7 Å². The average molecular weight is 226 g/mol. The zero-order chi connectivity index (χ0) is 10.8. The van der Waals surface area contributed by atoms with Gasteiger partial charge in [0.1, 0.15) is 5.75 Å². The van der Waals surface area contributed by atoms with Crippen LogP contribution < -0.4 is 5.32 Å². The van der Waals surface area contributed by atoms with Crippen LogP contribution in [0.5, 0.6) is 5.75 Å². The summed E-state index contributed by atoms with van der Waals surface area (Å²) in [6.07, 6.45) is 2.39. The maximum Gasteiger partial charge on any atom is 0.134 e. The van der Waals surface area contributed by atoms with E-state index in [-0.39, 0.29) is 5.75 Å². The minimum absolute atomic E-state index is 0.206. The monoisotopic (exact) mass is 225 g/mol. The summed E-state index contributed by atoms with van der Waals surface area (Å²) in [7, 11) is 0. The summed E-state index contributed by atoms with van der Waals surface area (Å²) in [6, 6.07) is 3.88. The topological polar surface area (TPSA) is 32.3 Å². The summed E-state index contributed by atoms with van der Waals surface area (Å²) in [5.41, 5.74) is 2.15. The number of phenols is 1. The number of piperidine rings is 1. The van der Waals surface area contributed by atoms with Gasteiger partial charge in [0.2, 0.25) is 0 Å². The highest BCUT2D eigenvalue weighted by Crippen LogP contribution is 2.33. The van der Waals surface area contributed by atoms with Gasteiger partial charge in [-0.3, -0.25) is 0 Å². The smallest absolute Gasteiger partial charge is 0.134 e. The van der Waals surface area contributed by atoms with Gasteiger partial charge in [0, 0.05) is 6.54 Å². The molecular formula is C12H16ClNO. The van der Waals surface area contributed by atoms with Crippen LogP contribution in [-0.4, -0.2) is 18.2 Å². The molecule has 0 amide bonds. The summed E-state index contributed by atoms with van der Waals surface area (Å²) in [4.78, 5) is 0. The van der Waals surface area contributed by atoms with E-state index in [4.69, 9.17) is 11.6 Å². The largest absolute Gasteiger partial charge is 0.506 e. The van der Waals surface area contributed by atoms with Crippen LogP contribution in [0.3, 0.4) is 0 Å². The molecule has 1 aromatic carbocycles. The molecule has 1 unspecified atom stereocenters. The number of phenolic OH excluding ortho intramolecular Hbond substituents is 1. The Kier molecular flexibility index (Phi) is 3.17. The Balaban J connectivity index is 2.27. The molecule has 1 saturated heterocycles. The van der Waals surface area contributed by atoms with Gasteiger partial charge >= 0.3 is 0 Å². The highest BCUT2D eigenvalue weighted by atomic mass is 35.5. The van der Waals surface area contributed by atoms with Crippen molar-refractivity contribution in [1.82, 2.24) is 5.32 Å². The number of aromatic hydroxyl groups is 1. The fourth-order valence-corrected chi connectivity index (χ4v) is 2.26. The molecule has 1 aromatic rings. The van der Waals surface area contributed by atoms with Gasteiger partial charge in [-0.15, -0.1) is 0 Å². The number of nitrogens with one attached hydrogen (secondary N) is 1. The maximum atomic E-state index is 9.66. The first-order valence-electron chi connectivity index (χ1n) is 5.38. The van der Waals surface area contributed by atoms with Gasteiger partial charge in [0.25, 0.3) is 0 Å². The quantitative estimate of drug-likeness (QED) is 0.771. The van der Waals surface area contributed by atoms with Crippen molar-refractivity contribution in [2.24, 2.45) is 0 Å². The zero-order valence-electron chi connectivity index (χ0n) is 8.89. The molecule has 1 aliphatic heterocycles. The summed E-state index contributed by atoms with van der Waals surface area (Å²) >= 11 is 5.92. The Labute approximate surface area is 95.3 Å². The lowest BCUT2D eigenvalue weighted by Gasteiger charge is -2.23. The van der Waals surface area contributed by atoms with E-state index >= 15 is 0 Å². The van der Waals surface area contributed by atoms with Crippen molar-refractivity contribution in [1.29, 1.82) is 0 Å². The van der Waals surface area contributed by atoms with Crippen LogP contribution in [0.4, 0.5) is 0 Å². The number of benzene rings is 1. The molecule has 1 heterocycles. The molecule has 15 heavy (non-hydrogen) atoms. The first-order chi connectivity index (χ1) is 7.18. The van der Waals surface area contributed by atoms with E-state index in [1.807, 2.05) is 6.92 Å². The van der Waals surface area contributed by atoms with Crippen LogP contribution in [0.1, 0.15) is 29.9 Å². The molecule has 0 aromatic heterocycles. The lowest BCUT2D eigenvalue weighted by Crippen LogP contribution is -2.28. The van der Waals surface area contributed by atoms with Crippen molar-refractivity contribution >= 4 is 11.6 Å². The minimum Gasteiger partial charge on any atom is -0.506 e. The van der Waals surface area contributed by atoms with Gasteiger partial charge in [-0.1, -0.05) is 17.7 Å². The molecule has 0 bridgehead atoms. The molecule has 2 N–H and O–H groups in total. The fraction of sp³-hybridized carbons (Fsp3) is 0.500. The van der Waals surface area contributed by atoms with Crippen molar-refractivity contribution in [3.05, 3.63) is 28.3 Å². The molecule has 2 nitrogen and oxygen atoms in total. The number of rotatable bonds is 1. The first-order valence-corrected chi connectivity index (χ1v) is 5.76. The van der Waals surface area contributed by atoms with E-state index < -0.39 is 0 Å². The third-order valence-electron chi connectivity index (χ3n) is 3.03. The highest BCUT2D eigenvalue weighted by molar-refractivity contribution is 6.32. The first kappa shape index (κ1) is 10.8. The number of hydrogen-bond donors (Lipinski definition) is 2. The lowest BCUT2D eigenvalue weighted by molar-refractivity contribution is 0.452. The van der Waals surface area contributed by atoms with Crippen LogP contribution in [0.15, 0.2) is 12.1 Å². The van der Waals surface area contributed by atoms with E-state index in [1.54, 1.807) is 6.07 Å². The Morgan fingerprint density at radius 2 is 2.27 bits per heavy atom. The van der Waals surface area contributed by atoms with E-state index in [1.165, 1.54) is 18.4 Å². The van der Waals surface area contributed by atoms with Crippen LogP contribution in [0, 0.1) is 6.92 Å². The van der Waals surface area contributed by atoms with Gasteiger partial charge in [-0.25, -0.2) is 0 Å². The van der Waals surface area contributed by atoms with E-state index in [9.17, 15) is 5.11 Å². The average Bonchev–Trinajstić information content (AvgIpc) is 2.26. The standard InChI is InChI=1S/C12H16ClNO/c1-8-5-10(6-11(15)12(8)13)9-3-2-4-14-7-9/h5-6,9,14-15H,2-4,7H2,1H3. The molecule has 0 aliphatic carbocycles. The van der Waals surface area contributed by atoms with Crippen molar-refractivity contribution < 1.29 is 5.11 Å². The van der Waals surface area contributed by atoms with Crippen LogP contribution in [0.25, 0.3) is 0 Å². The zero-order valence-corrected chi connectivity index (χ0v) is 9.64. The van der Waals surface area contributed by atoms with Gasteiger partial charge in [-0.2, -0.15) is 0 Å². The van der Waals surface area contributed by atoms with Gasteiger partial charge in [0.15, 0.2) is 0 Å². The predicted molar refractivity (Wildman–Crippen MR) is 62.7 cm³/mol. The molecule has 82 valence electrons. The summed E-state index contributed by atoms with van der Waals surface area (Å²) in [6.45, 7) is 4.04. The molecule has 1 atom stereocenters. The molecule has 0 spiro atoms. The maximum absolute atomic E-state index is 9.66. The highest BCUT2D eigenvalue weighted by Gasteiger charge is 2.17. The Hall–Kier alpha value is -0.730. The molecule has 1 fully saturated rings. The normalized spacial score (nSPS) is 21.6. The van der Waals surface area contributed by atoms with Crippen LogP contribution >= 0.6 is 11.6 Å². The van der Waals surface area contributed by atoms with Crippen molar-refractivity contribution in [3.63, 3.8) is 0 Å². The molecule has 2 rings (SSSR count). The fourth-order valence-electron chi connectivity index (χ4n) is 2.15. The van der Waals surface area contributed by atoms with Crippen molar-refractivity contribution in [3.8, 4) is 5.75 Å². The van der Waals surface area contributed by atoms with Gasteiger partial charge < -0.3 is 10.4 Å². The van der Waals surface area contributed by atoms with Crippen LogP contribution in [-0.2, 0) is 0 Å². The number of aryl methyl sites for hydroxylation is 1. The molecule has 3 heteroatoms. The summed E-state index contributed by atoms with van der Waals surface area (Å²) in [5.74, 6) is 0.720. The van der Waals surface area contributed by atoms with E-state index in [0.29, 0.717) is 10.9 Å². The van der Waals surface area contributed by atoms with Gasteiger partial charge in [0.05, 0.1) is 5.02 Å². The third-order valence-corrected chi connectivity index (χ3v) is 3.52. The Bertz CT molecular complexity index is 336. The van der Waals surface area contributed by atoms with Gasteiger partial charge in [-0.05, 0) is 49.4 Å². The Morgan fingerprint density at radius 3 is 2.87 bits per heavy atom. The second-order valence-corrected chi connectivity index (χ2v) is 4.59. The second-order valence-electron chi connectivity index (χ2n) is 4.21. The number of hydrogen-bond acceptors (Lipinski definition) is 2. The molecular weight excluding hydrogens is 210 g/mol.